The van der Waals surface area contributed by atoms with Gasteiger partial charge in [0.1, 0.15) is 36.6 Å². The molecule has 0 aliphatic heterocycles. The first-order chi connectivity index (χ1) is 29.8. The van der Waals surface area contributed by atoms with Crippen molar-refractivity contribution >= 4 is 13.7 Å². The molecule has 0 aromatic heterocycles. The van der Waals surface area contributed by atoms with Gasteiger partial charge in [-0.25, -0.2) is 4.57 Å². The van der Waals surface area contributed by atoms with Crippen LogP contribution in [0.4, 0.5) is 0 Å². The number of hydrogen-bond acceptors (Lipinski definition) is 11. The van der Waals surface area contributed by atoms with E-state index in [1.54, 1.807) is 0 Å². The lowest BCUT2D eigenvalue weighted by molar-refractivity contribution is -0.220. The number of amides is 1. The van der Waals surface area contributed by atoms with Crippen molar-refractivity contribution in [3.05, 3.63) is 12.2 Å². The van der Waals surface area contributed by atoms with Crippen molar-refractivity contribution < 1.29 is 59.0 Å². The highest BCUT2D eigenvalue weighted by atomic mass is 31.2. The highest BCUT2D eigenvalue weighted by Crippen LogP contribution is 2.47. The third kappa shape index (κ3) is 29.5. The number of carbonyl (C=O) groups excluding carboxylic acids is 1. The third-order valence-electron chi connectivity index (χ3n) is 12.4. The summed E-state index contributed by atoms with van der Waals surface area (Å²) in [4.78, 5) is 23.5. The fraction of sp³-hybridized carbons (Fsp3) is 0.938. The highest BCUT2D eigenvalue weighted by molar-refractivity contribution is 7.47. The number of rotatable bonds is 42. The van der Waals surface area contributed by atoms with Crippen LogP contribution in [0.5, 0.6) is 0 Å². The van der Waals surface area contributed by atoms with E-state index in [1.807, 2.05) is 0 Å². The van der Waals surface area contributed by atoms with Crippen LogP contribution in [-0.2, 0) is 18.4 Å². The van der Waals surface area contributed by atoms with E-state index in [9.17, 15) is 50.0 Å². The van der Waals surface area contributed by atoms with Crippen LogP contribution in [0.2, 0.25) is 0 Å². The van der Waals surface area contributed by atoms with E-state index >= 15 is 0 Å². The van der Waals surface area contributed by atoms with Gasteiger partial charge in [0.2, 0.25) is 5.91 Å². The van der Waals surface area contributed by atoms with E-state index in [1.165, 1.54) is 116 Å². The van der Waals surface area contributed by atoms with E-state index in [0.717, 1.165) is 70.6 Å². The van der Waals surface area contributed by atoms with Gasteiger partial charge in [0, 0.05) is 0 Å². The monoisotopic (exact) mass is 908 g/mol. The van der Waals surface area contributed by atoms with Gasteiger partial charge in [0.05, 0.1) is 31.3 Å². The first-order valence-corrected chi connectivity index (χ1v) is 26.7. The lowest BCUT2D eigenvalue weighted by Crippen LogP contribution is -2.64. The topological polar surface area (TPSA) is 226 Å². The number of allylic oxidation sites excluding steroid dienone is 2. The SMILES string of the molecule is CCCCCCCCCCCC/C=C\CCCCCCCC(O)CC(=O)NC(COP(=O)(O)OC1C(O)C(O)C(O)C(O)C1O)C(O)CCCCCCCCCCCCCCC. The largest absolute Gasteiger partial charge is 0.472 e. The molecular formula is C48H94NO12P. The van der Waals surface area contributed by atoms with Gasteiger partial charge < -0.3 is 46.0 Å². The molecule has 0 bridgehead atoms. The number of phosphoric acid groups is 1. The maximum Gasteiger partial charge on any atom is 0.472 e. The van der Waals surface area contributed by atoms with E-state index in [0.29, 0.717) is 12.8 Å². The number of aliphatic hydroxyl groups is 7. The van der Waals surface area contributed by atoms with Gasteiger partial charge in [0.15, 0.2) is 0 Å². The summed E-state index contributed by atoms with van der Waals surface area (Å²) < 4.78 is 22.9. The smallest absolute Gasteiger partial charge is 0.393 e. The lowest BCUT2D eigenvalue weighted by Gasteiger charge is -2.41. The van der Waals surface area contributed by atoms with Crippen LogP contribution in [0.25, 0.3) is 0 Å². The van der Waals surface area contributed by atoms with Crippen molar-refractivity contribution in [2.24, 2.45) is 0 Å². The number of aliphatic hydroxyl groups excluding tert-OH is 7. The van der Waals surface area contributed by atoms with Crippen molar-refractivity contribution in [2.75, 3.05) is 6.61 Å². The Morgan fingerprint density at radius 1 is 0.548 bits per heavy atom. The first-order valence-electron chi connectivity index (χ1n) is 25.2. The summed E-state index contributed by atoms with van der Waals surface area (Å²) >= 11 is 0. The Balaban J connectivity index is 2.45. The van der Waals surface area contributed by atoms with Crippen LogP contribution in [-0.4, -0.2) is 108 Å². The van der Waals surface area contributed by atoms with Crippen LogP contribution >= 0.6 is 7.82 Å². The molecule has 13 nitrogen and oxygen atoms in total. The van der Waals surface area contributed by atoms with Gasteiger partial charge in [-0.3, -0.25) is 13.8 Å². The molecule has 1 aliphatic carbocycles. The predicted octanol–water partition coefficient (Wildman–Crippen LogP) is 8.98. The summed E-state index contributed by atoms with van der Waals surface area (Å²) in [6.45, 7) is 3.80. The van der Waals surface area contributed by atoms with Gasteiger partial charge in [-0.15, -0.1) is 0 Å². The molecule has 9 N–H and O–H groups in total. The van der Waals surface area contributed by atoms with Crippen LogP contribution in [0, 0.1) is 0 Å². The lowest BCUT2D eigenvalue weighted by atomic mass is 9.85. The van der Waals surface area contributed by atoms with Crippen molar-refractivity contribution in [3.8, 4) is 0 Å². The van der Waals surface area contributed by atoms with Gasteiger partial charge in [-0.05, 0) is 38.5 Å². The summed E-state index contributed by atoms with van der Waals surface area (Å²) in [6, 6.07) is -1.15. The summed E-state index contributed by atoms with van der Waals surface area (Å²) in [5.41, 5.74) is 0. The Hall–Kier alpha value is -0.960. The molecule has 62 heavy (non-hydrogen) atoms. The molecule has 0 radical (unpaired) electrons. The number of nitrogens with one attached hydrogen (secondary N) is 1. The Bertz CT molecular complexity index is 1120. The van der Waals surface area contributed by atoms with Crippen LogP contribution < -0.4 is 5.32 Å². The second-order valence-electron chi connectivity index (χ2n) is 18.2. The zero-order valence-corrected chi connectivity index (χ0v) is 39.9. The number of hydrogen-bond donors (Lipinski definition) is 9. The molecule has 0 heterocycles. The van der Waals surface area contributed by atoms with E-state index in [4.69, 9.17) is 9.05 Å². The first kappa shape index (κ1) is 59.1. The maximum absolute atomic E-state index is 13.0. The molecule has 0 saturated heterocycles. The van der Waals surface area contributed by atoms with Gasteiger partial charge >= 0.3 is 7.82 Å². The average molecular weight is 908 g/mol. The molecule has 1 fully saturated rings. The summed E-state index contributed by atoms with van der Waals surface area (Å²) in [5, 5.41) is 74.7. The molecule has 0 aromatic rings. The molecule has 0 aromatic carbocycles. The van der Waals surface area contributed by atoms with E-state index in [2.05, 4.69) is 31.3 Å². The second kappa shape index (κ2) is 38.2. The zero-order valence-electron chi connectivity index (χ0n) is 39.1. The number of unbranched alkanes of at least 4 members (excludes halogenated alkanes) is 27. The van der Waals surface area contributed by atoms with Gasteiger partial charge in [-0.2, -0.15) is 0 Å². The second-order valence-corrected chi connectivity index (χ2v) is 19.6. The predicted molar refractivity (Wildman–Crippen MR) is 247 cm³/mol. The molecule has 1 saturated carbocycles. The molecule has 0 spiro atoms. The van der Waals surface area contributed by atoms with E-state index in [-0.39, 0.29) is 12.8 Å². The Morgan fingerprint density at radius 2 is 0.903 bits per heavy atom. The molecule has 1 rings (SSSR count). The normalized spacial score (nSPS) is 23.1. The maximum atomic E-state index is 13.0. The fourth-order valence-corrected chi connectivity index (χ4v) is 9.21. The Kier molecular flexibility index (Phi) is 36.4. The van der Waals surface area contributed by atoms with Crippen LogP contribution in [0.3, 0.4) is 0 Å². The third-order valence-corrected chi connectivity index (χ3v) is 13.4. The van der Waals surface area contributed by atoms with Crippen LogP contribution in [0.15, 0.2) is 12.2 Å². The molecule has 8 unspecified atom stereocenters. The zero-order chi connectivity index (χ0) is 45.9. The summed E-state index contributed by atoms with van der Waals surface area (Å²) in [6.07, 6.45) is 26.9. The average Bonchev–Trinajstić information content (AvgIpc) is 3.24. The van der Waals surface area contributed by atoms with Crippen molar-refractivity contribution in [3.63, 3.8) is 0 Å². The van der Waals surface area contributed by atoms with Crippen LogP contribution in [0.1, 0.15) is 226 Å². The fourth-order valence-electron chi connectivity index (χ4n) is 8.24. The molecule has 8 atom stereocenters. The molecular weight excluding hydrogens is 813 g/mol. The summed E-state index contributed by atoms with van der Waals surface area (Å²) in [5.74, 6) is -0.563. The number of carbonyl (C=O) groups is 1. The minimum atomic E-state index is -5.12. The summed E-state index contributed by atoms with van der Waals surface area (Å²) in [7, 11) is -5.12. The Labute approximate surface area is 376 Å². The highest BCUT2D eigenvalue weighted by Gasteiger charge is 2.51. The molecule has 1 amide bonds. The van der Waals surface area contributed by atoms with Crippen molar-refractivity contribution in [1.29, 1.82) is 0 Å². The molecule has 368 valence electrons. The minimum absolute atomic E-state index is 0.225. The number of phosphoric ester groups is 1. The van der Waals surface area contributed by atoms with Gasteiger partial charge in [-0.1, -0.05) is 193 Å². The van der Waals surface area contributed by atoms with E-state index < -0.39 is 75.2 Å². The molecule has 1 aliphatic rings. The quantitative estimate of drug-likeness (QED) is 0.0159. The molecule has 14 heteroatoms. The Morgan fingerprint density at radius 3 is 1.32 bits per heavy atom. The van der Waals surface area contributed by atoms with Gasteiger partial charge in [0.25, 0.3) is 0 Å². The standard InChI is InChI=1S/C48H94NO12P/c1-3-5-7-9-11-13-15-17-18-19-20-21-22-24-25-27-29-31-33-35-39(50)37-42(52)49-40(41(51)36-34-32-30-28-26-23-16-14-12-10-8-6-4-2)38-60-62(58,59)61-48-46(56)44(54)43(53)45(55)47(48)57/h21-22,39-41,43-48,50-51,53-57H,3-20,23-38H2,1-2H3,(H,49,52)(H,58,59)/b22-21-. The van der Waals surface area contributed by atoms with Crippen molar-refractivity contribution in [2.45, 2.75) is 281 Å². The van der Waals surface area contributed by atoms with Crippen molar-refractivity contribution in [1.82, 2.24) is 5.32 Å². The minimum Gasteiger partial charge on any atom is -0.393 e.